The lowest BCUT2D eigenvalue weighted by atomic mass is 9.63. The molecule has 2 heterocycles. The van der Waals surface area contributed by atoms with Crippen LogP contribution >= 0.6 is 0 Å². The van der Waals surface area contributed by atoms with Gasteiger partial charge in [-0.15, -0.1) is 0 Å². The van der Waals surface area contributed by atoms with E-state index in [2.05, 4.69) is 115 Å². The molecule has 0 unspecified atom stereocenters. The predicted molar refractivity (Wildman–Crippen MR) is 205 cm³/mol. The standard InChI is InChI=1S/C47H30N4O/c48-31-32-24-26-34(27-25-32)45-49-44(33-14-4-1-5-15-33)50-46(51-45)39-21-11-10-20-38(39)35-28-29-43-41(30-35)47(36-16-6-2-7-17-36,37-18-8-3-9-19-37)40-22-12-13-23-42(40)52-43/h1-30H. The summed E-state index contributed by atoms with van der Waals surface area (Å²) in [7, 11) is 0. The molecule has 5 nitrogen and oxygen atoms in total. The molecule has 52 heavy (non-hydrogen) atoms. The second-order valence-corrected chi connectivity index (χ2v) is 12.7. The summed E-state index contributed by atoms with van der Waals surface area (Å²) >= 11 is 0. The highest BCUT2D eigenvalue weighted by Gasteiger charge is 2.45. The van der Waals surface area contributed by atoms with Crippen molar-refractivity contribution < 1.29 is 4.74 Å². The first-order chi connectivity index (χ1) is 25.7. The number of benzene rings is 7. The number of para-hydroxylation sites is 1. The summed E-state index contributed by atoms with van der Waals surface area (Å²) in [5.74, 6) is 3.31. The van der Waals surface area contributed by atoms with Crippen LogP contribution in [-0.2, 0) is 5.41 Å². The minimum absolute atomic E-state index is 0.533. The molecule has 7 aromatic carbocycles. The minimum Gasteiger partial charge on any atom is -0.457 e. The molecule has 0 atom stereocenters. The van der Waals surface area contributed by atoms with Gasteiger partial charge in [0.2, 0.25) is 0 Å². The summed E-state index contributed by atoms with van der Waals surface area (Å²) in [5.41, 5.74) is 8.93. The van der Waals surface area contributed by atoms with E-state index < -0.39 is 5.41 Å². The molecule has 5 heteroatoms. The number of ether oxygens (including phenoxy) is 1. The quantitative estimate of drug-likeness (QED) is 0.177. The number of nitrogens with zero attached hydrogens (tertiary/aromatic N) is 4. The largest absolute Gasteiger partial charge is 0.457 e. The summed E-state index contributed by atoms with van der Waals surface area (Å²) in [6, 6.07) is 63.9. The predicted octanol–water partition coefficient (Wildman–Crippen LogP) is 10.9. The van der Waals surface area contributed by atoms with Crippen LogP contribution in [0.15, 0.2) is 182 Å². The molecule has 1 aliphatic rings. The molecule has 0 saturated heterocycles. The Bertz CT molecular complexity index is 2560. The maximum atomic E-state index is 9.41. The Hall–Kier alpha value is -7.16. The van der Waals surface area contributed by atoms with E-state index in [0.29, 0.717) is 23.0 Å². The average molecular weight is 667 g/mol. The summed E-state index contributed by atoms with van der Waals surface area (Å²) in [6.07, 6.45) is 0. The molecule has 1 aliphatic heterocycles. The lowest BCUT2D eigenvalue weighted by Gasteiger charge is -2.41. The Morgan fingerprint density at radius 1 is 0.423 bits per heavy atom. The monoisotopic (exact) mass is 666 g/mol. The van der Waals surface area contributed by atoms with Gasteiger partial charge < -0.3 is 4.74 Å². The second kappa shape index (κ2) is 12.9. The van der Waals surface area contributed by atoms with Gasteiger partial charge in [-0.2, -0.15) is 5.26 Å². The van der Waals surface area contributed by atoms with Crippen LogP contribution < -0.4 is 4.74 Å². The van der Waals surface area contributed by atoms with Gasteiger partial charge in [-0.3, -0.25) is 0 Å². The highest BCUT2D eigenvalue weighted by atomic mass is 16.5. The molecule has 0 bridgehead atoms. The number of aromatic nitrogens is 3. The van der Waals surface area contributed by atoms with E-state index in [1.54, 1.807) is 12.1 Å². The van der Waals surface area contributed by atoms with Crippen LogP contribution in [-0.4, -0.2) is 15.0 Å². The van der Waals surface area contributed by atoms with Crippen LogP contribution in [0.25, 0.3) is 45.3 Å². The zero-order chi connectivity index (χ0) is 34.9. The first-order valence-electron chi connectivity index (χ1n) is 17.2. The van der Waals surface area contributed by atoms with Crippen molar-refractivity contribution in [2.45, 2.75) is 5.41 Å². The lowest BCUT2D eigenvalue weighted by Crippen LogP contribution is -2.34. The molecule has 0 radical (unpaired) electrons. The van der Waals surface area contributed by atoms with Gasteiger partial charge in [0.05, 0.1) is 17.0 Å². The van der Waals surface area contributed by atoms with Gasteiger partial charge in [0.15, 0.2) is 17.5 Å². The highest BCUT2D eigenvalue weighted by molar-refractivity contribution is 5.84. The second-order valence-electron chi connectivity index (χ2n) is 12.7. The van der Waals surface area contributed by atoms with Crippen LogP contribution in [0.2, 0.25) is 0 Å². The van der Waals surface area contributed by atoms with Crippen molar-refractivity contribution in [3.8, 4) is 62.9 Å². The molecule has 1 aromatic heterocycles. The Morgan fingerprint density at radius 3 is 1.58 bits per heavy atom. The third kappa shape index (κ3) is 5.22. The normalized spacial score (nSPS) is 12.5. The Labute approximate surface area is 302 Å². The van der Waals surface area contributed by atoms with Crippen molar-refractivity contribution in [2.75, 3.05) is 0 Å². The van der Waals surface area contributed by atoms with Gasteiger partial charge in [0.1, 0.15) is 11.5 Å². The topological polar surface area (TPSA) is 71.7 Å². The SMILES string of the molecule is N#Cc1ccc(-c2nc(-c3ccccc3)nc(-c3ccccc3-c3ccc4c(c3)C(c3ccccc3)(c3ccccc3)c3ccccc3O4)n2)cc1. The van der Waals surface area contributed by atoms with Gasteiger partial charge in [-0.25, -0.2) is 15.0 Å². The van der Waals surface area contributed by atoms with E-state index >= 15 is 0 Å². The maximum absolute atomic E-state index is 9.41. The zero-order valence-electron chi connectivity index (χ0n) is 28.0. The van der Waals surface area contributed by atoms with E-state index in [9.17, 15) is 5.26 Å². The average Bonchev–Trinajstić information content (AvgIpc) is 3.23. The van der Waals surface area contributed by atoms with Crippen molar-refractivity contribution in [3.05, 3.63) is 210 Å². The summed E-state index contributed by atoms with van der Waals surface area (Å²) in [4.78, 5) is 15.0. The van der Waals surface area contributed by atoms with Crippen LogP contribution in [0.4, 0.5) is 0 Å². The number of rotatable bonds is 6. The fraction of sp³-hybridized carbons (Fsp3) is 0.0213. The molecular weight excluding hydrogens is 637 g/mol. The zero-order valence-corrected chi connectivity index (χ0v) is 28.0. The number of hydrogen-bond donors (Lipinski definition) is 0. The van der Waals surface area contributed by atoms with E-state index in [1.165, 1.54) is 0 Å². The first-order valence-corrected chi connectivity index (χ1v) is 17.2. The molecule has 244 valence electrons. The molecule has 0 aliphatic carbocycles. The van der Waals surface area contributed by atoms with Gasteiger partial charge in [-0.1, -0.05) is 140 Å². The lowest BCUT2D eigenvalue weighted by molar-refractivity contribution is 0.434. The minimum atomic E-state index is -0.645. The first kappa shape index (κ1) is 30.9. The molecule has 0 saturated carbocycles. The molecule has 9 rings (SSSR count). The Morgan fingerprint density at radius 2 is 0.923 bits per heavy atom. The fourth-order valence-electron chi connectivity index (χ4n) is 7.34. The summed E-state index contributed by atoms with van der Waals surface area (Å²) in [6.45, 7) is 0. The van der Waals surface area contributed by atoms with Gasteiger partial charge in [0, 0.05) is 27.8 Å². The molecule has 0 fully saturated rings. The van der Waals surface area contributed by atoms with Crippen LogP contribution in [0.1, 0.15) is 27.8 Å². The maximum Gasteiger partial charge on any atom is 0.164 e. The van der Waals surface area contributed by atoms with E-state index in [4.69, 9.17) is 19.7 Å². The molecular formula is C47H30N4O. The number of fused-ring (bicyclic) bond motifs is 2. The Kier molecular flexibility index (Phi) is 7.68. The van der Waals surface area contributed by atoms with Crippen molar-refractivity contribution in [2.24, 2.45) is 0 Å². The smallest absolute Gasteiger partial charge is 0.164 e. The van der Waals surface area contributed by atoms with Crippen molar-refractivity contribution in [1.29, 1.82) is 5.26 Å². The third-order valence-corrected chi connectivity index (χ3v) is 9.73. The van der Waals surface area contributed by atoms with Crippen LogP contribution in [0, 0.1) is 11.3 Å². The number of nitriles is 1. The number of hydrogen-bond acceptors (Lipinski definition) is 5. The van der Waals surface area contributed by atoms with E-state index in [1.807, 2.05) is 60.7 Å². The molecule has 8 aromatic rings. The van der Waals surface area contributed by atoms with Gasteiger partial charge >= 0.3 is 0 Å². The van der Waals surface area contributed by atoms with Crippen molar-refractivity contribution >= 4 is 0 Å². The molecule has 0 N–H and O–H groups in total. The van der Waals surface area contributed by atoms with E-state index in [0.717, 1.165) is 61.6 Å². The van der Waals surface area contributed by atoms with Crippen molar-refractivity contribution in [3.63, 3.8) is 0 Å². The van der Waals surface area contributed by atoms with E-state index in [-0.39, 0.29) is 0 Å². The molecule has 0 amide bonds. The fourth-order valence-corrected chi connectivity index (χ4v) is 7.34. The Balaban J connectivity index is 1.27. The van der Waals surface area contributed by atoms with Crippen LogP contribution in [0.3, 0.4) is 0 Å². The third-order valence-electron chi connectivity index (χ3n) is 9.73. The van der Waals surface area contributed by atoms with Crippen molar-refractivity contribution in [1.82, 2.24) is 15.0 Å². The molecule has 0 spiro atoms. The summed E-state index contributed by atoms with van der Waals surface area (Å²) in [5, 5.41) is 9.41. The highest BCUT2D eigenvalue weighted by Crippen LogP contribution is 2.56. The van der Waals surface area contributed by atoms with Gasteiger partial charge in [0.25, 0.3) is 0 Å². The van der Waals surface area contributed by atoms with Crippen LogP contribution in [0.5, 0.6) is 11.5 Å². The van der Waals surface area contributed by atoms with Gasteiger partial charge in [-0.05, 0) is 64.7 Å². The summed E-state index contributed by atoms with van der Waals surface area (Å²) < 4.78 is 6.67.